The topological polar surface area (TPSA) is 95.0 Å². The summed E-state index contributed by atoms with van der Waals surface area (Å²) in [6.07, 6.45) is 4.26. The number of carbonyl (C=O) groups is 4. The first kappa shape index (κ1) is 16.0. The van der Waals surface area contributed by atoms with Crippen LogP contribution in [0.15, 0.2) is 0 Å². The van der Waals surface area contributed by atoms with Gasteiger partial charge in [0.15, 0.2) is 0 Å². The highest BCUT2D eigenvalue weighted by Gasteiger charge is 2.48. The van der Waals surface area contributed by atoms with E-state index >= 15 is 0 Å². The predicted octanol–water partition coefficient (Wildman–Crippen LogP) is 0.485. The molecule has 7 nitrogen and oxygen atoms in total. The van der Waals surface area contributed by atoms with Gasteiger partial charge in [0.1, 0.15) is 6.54 Å². The van der Waals surface area contributed by atoms with Gasteiger partial charge in [0.25, 0.3) is 0 Å². The van der Waals surface area contributed by atoms with Crippen LogP contribution in [0.5, 0.6) is 0 Å². The van der Waals surface area contributed by atoms with Crippen LogP contribution >= 0.6 is 0 Å². The summed E-state index contributed by atoms with van der Waals surface area (Å²) in [5.74, 6) is -2.36. The zero-order chi connectivity index (χ0) is 16.6. The number of likely N-dealkylation sites (tertiary alicyclic amines) is 2. The minimum atomic E-state index is -0.828. The summed E-state index contributed by atoms with van der Waals surface area (Å²) < 4.78 is 0. The van der Waals surface area contributed by atoms with Gasteiger partial charge in [-0.3, -0.25) is 24.1 Å². The largest absolute Gasteiger partial charge is 0.481 e. The van der Waals surface area contributed by atoms with E-state index < -0.39 is 11.9 Å². The molecular formula is C16H22N2O5. The van der Waals surface area contributed by atoms with Crippen molar-refractivity contribution < 1.29 is 24.3 Å². The quantitative estimate of drug-likeness (QED) is 0.763. The lowest BCUT2D eigenvalue weighted by Crippen LogP contribution is -2.46. The third-order valence-corrected chi connectivity index (χ3v) is 5.42. The van der Waals surface area contributed by atoms with Crippen LogP contribution in [-0.4, -0.2) is 58.2 Å². The lowest BCUT2D eigenvalue weighted by Gasteiger charge is -2.31. The molecule has 1 N–H and O–H groups in total. The Bertz CT molecular complexity index is 515. The van der Waals surface area contributed by atoms with Crippen molar-refractivity contribution in [2.75, 3.05) is 19.6 Å². The number of hydrogen-bond donors (Lipinski definition) is 1. The minimum Gasteiger partial charge on any atom is -0.481 e. The van der Waals surface area contributed by atoms with Crippen molar-refractivity contribution in [2.45, 2.75) is 38.5 Å². The van der Waals surface area contributed by atoms with Gasteiger partial charge in [-0.1, -0.05) is 12.8 Å². The van der Waals surface area contributed by atoms with Gasteiger partial charge in [0.05, 0.1) is 17.8 Å². The second kappa shape index (κ2) is 6.29. The Hall–Kier alpha value is -1.92. The number of carboxylic acid groups (broad SMARTS) is 1. The number of nitrogens with zero attached hydrogens (tertiary/aromatic N) is 2. The first-order valence-corrected chi connectivity index (χ1v) is 8.35. The molecule has 0 aromatic heterocycles. The molecule has 126 valence electrons. The zero-order valence-corrected chi connectivity index (χ0v) is 13.1. The molecule has 2 aliphatic heterocycles. The van der Waals surface area contributed by atoms with Gasteiger partial charge in [-0.15, -0.1) is 0 Å². The van der Waals surface area contributed by atoms with E-state index in [1.54, 1.807) is 4.90 Å². The number of carboxylic acids is 1. The second-order valence-electron chi connectivity index (χ2n) is 6.75. The van der Waals surface area contributed by atoms with Crippen molar-refractivity contribution in [1.82, 2.24) is 9.80 Å². The van der Waals surface area contributed by atoms with Gasteiger partial charge in [0, 0.05) is 13.1 Å². The SMILES string of the molecule is O=C(O)C1CCN(C(=O)CN2C(=O)C3CCCCC3C2=O)CC1. The molecule has 3 fully saturated rings. The van der Waals surface area contributed by atoms with Crippen LogP contribution in [0, 0.1) is 17.8 Å². The molecule has 3 rings (SSSR count). The summed E-state index contributed by atoms with van der Waals surface area (Å²) >= 11 is 0. The minimum absolute atomic E-state index is 0.192. The van der Waals surface area contributed by atoms with Crippen molar-refractivity contribution in [3.63, 3.8) is 0 Å². The van der Waals surface area contributed by atoms with Crippen LogP contribution in [0.1, 0.15) is 38.5 Å². The summed E-state index contributed by atoms with van der Waals surface area (Å²) in [4.78, 5) is 50.7. The monoisotopic (exact) mass is 322 g/mol. The number of amides is 3. The van der Waals surface area contributed by atoms with E-state index in [2.05, 4.69) is 0 Å². The predicted molar refractivity (Wildman–Crippen MR) is 79.1 cm³/mol. The van der Waals surface area contributed by atoms with E-state index in [-0.39, 0.29) is 36.1 Å². The highest BCUT2D eigenvalue weighted by atomic mass is 16.4. The molecule has 2 saturated heterocycles. The van der Waals surface area contributed by atoms with Crippen LogP contribution in [-0.2, 0) is 19.2 Å². The smallest absolute Gasteiger partial charge is 0.306 e. The normalized spacial score (nSPS) is 28.9. The maximum Gasteiger partial charge on any atom is 0.306 e. The first-order chi connectivity index (χ1) is 11.0. The lowest BCUT2D eigenvalue weighted by molar-refractivity contribution is -0.148. The molecule has 7 heteroatoms. The third-order valence-electron chi connectivity index (χ3n) is 5.42. The fraction of sp³-hybridized carbons (Fsp3) is 0.750. The van der Waals surface area contributed by atoms with Gasteiger partial charge in [-0.05, 0) is 25.7 Å². The van der Waals surface area contributed by atoms with E-state index in [0.29, 0.717) is 25.9 Å². The fourth-order valence-electron chi connectivity index (χ4n) is 4.00. The molecule has 3 aliphatic rings. The Balaban J connectivity index is 1.59. The molecule has 23 heavy (non-hydrogen) atoms. The summed E-state index contributed by atoms with van der Waals surface area (Å²) in [7, 11) is 0. The summed E-state index contributed by atoms with van der Waals surface area (Å²) in [5.41, 5.74) is 0. The molecule has 2 heterocycles. The van der Waals surface area contributed by atoms with E-state index in [1.807, 2.05) is 0 Å². The molecule has 0 bridgehead atoms. The number of rotatable bonds is 3. The summed E-state index contributed by atoms with van der Waals surface area (Å²) in [6.45, 7) is 0.556. The summed E-state index contributed by atoms with van der Waals surface area (Å²) in [6, 6.07) is 0. The number of aliphatic carboxylic acids is 1. The Labute approximate surface area is 134 Å². The number of imide groups is 1. The maximum absolute atomic E-state index is 12.4. The van der Waals surface area contributed by atoms with Crippen molar-refractivity contribution in [3.05, 3.63) is 0 Å². The van der Waals surface area contributed by atoms with Gasteiger partial charge in [-0.2, -0.15) is 0 Å². The molecule has 2 unspecified atom stereocenters. The molecule has 1 aliphatic carbocycles. The molecule has 1 saturated carbocycles. The molecule has 0 radical (unpaired) electrons. The summed E-state index contributed by atoms with van der Waals surface area (Å²) in [5, 5.41) is 8.98. The Morgan fingerprint density at radius 1 is 0.957 bits per heavy atom. The number of hydrogen-bond acceptors (Lipinski definition) is 4. The number of fused-ring (bicyclic) bond motifs is 1. The van der Waals surface area contributed by atoms with E-state index in [4.69, 9.17) is 5.11 Å². The molecule has 3 amide bonds. The molecule has 0 spiro atoms. The molecule has 2 atom stereocenters. The standard InChI is InChI=1S/C16H22N2O5/c19-13(17-7-5-10(6-8-17)16(22)23)9-18-14(20)11-3-1-2-4-12(11)15(18)21/h10-12H,1-9H2,(H,22,23). The van der Waals surface area contributed by atoms with Crippen molar-refractivity contribution in [1.29, 1.82) is 0 Å². The van der Waals surface area contributed by atoms with Crippen molar-refractivity contribution in [2.24, 2.45) is 17.8 Å². The maximum atomic E-state index is 12.4. The van der Waals surface area contributed by atoms with Gasteiger partial charge in [0.2, 0.25) is 17.7 Å². The van der Waals surface area contributed by atoms with Crippen LogP contribution in [0.4, 0.5) is 0 Å². The number of piperidine rings is 1. The van der Waals surface area contributed by atoms with Gasteiger partial charge < -0.3 is 10.0 Å². The lowest BCUT2D eigenvalue weighted by atomic mass is 9.81. The van der Waals surface area contributed by atoms with Crippen LogP contribution in [0.25, 0.3) is 0 Å². The van der Waals surface area contributed by atoms with Gasteiger partial charge in [-0.25, -0.2) is 0 Å². The highest BCUT2D eigenvalue weighted by molar-refractivity contribution is 6.07. The van der Waals surface area contributed by atoms with E-state index in [1.165, 1.54) is 0 Å². The van der Waals surface area contributed by atoms with Crippen molar-refractivity contribution >= 4 is 23.7 Å². The Morgan fingerprint density at radius 2 is 1.48 bits per heavy atom. The number of carbonyl (C=O) groups excluding carboxylic acids is 3. The van der Waals surface area contributed by atoms with E-state index in [0.717, 1.165) is 30.6 Å². The van der Waals surface area contributed by atoms with Crippen LogP contribution in [0.3, 0.4) is 0 Å². The van der Waals surface area contributed by atoms with E-state index in [9.17, 15) is 19.2 Å². The van der Waals surface area contributed by atoms with Gasteiger partial charge >= 0.3 is 5.97 Å². The molecular weight excluding hydrogens is 300 g/mol. The van der Waals surface area contributed by atoms with Crippen LogP contribution in [0.2, 0.25) is 0 Å². The Kier molecular flexibility index (Phi) is 4.37. The fourth-order valence-corrected chi connectivity index (χ4v) is 4.00. The third kappa shape index (κ3) is 2.96. The average Bonchev–Trinajstić information content (AvgIpc) is 2.80. The zero-order valence-electron chi connectivity index (χ0n) is 13.1. The second-order valence-corrected chi connectivity index (χ2v) is 6.75. The molecule has 0 aromatic rings. The Morgan fingerprint density at radius 3 is 1.96 bits per heavy atom. The average molecular weight is 322 g/mol. The first-order valence-electron chi connectivity index (χ1n) is 8.35. The van der Waals surface area contributed by atoms with Crippen molar-refractivity contribution in [3.8, 4) is 0 Å². The molecule has 0 aromatic carbocycles. The van der Waals surface area contributed by atoms with Crippen LogP contribution < -0.4 is 0 Å². The highest BCUT2D eigenvalue weighted by Crippen LogP contribution is 2.37.